The molecule has 0 fully saturated rings. The maximum Gasteiger partial charge on any atom is 0.411 e. The number of amides is 1. The Kier molecular flexibility index (Phi) is 10.3. The lowest BCUT2D eigenvalue weighted by Crippen LogP contribution is -2.23. The van der Waals surface area contributed by atoms with Gasteiger partial charge in [-0.15, -0.1) is 23.2 Å². The van der Waals surface area contributed by atoms with E-state index in [1.54, 1.807) is 13.8 Å². The molecular weight excluding hydrogens is 389 g/mol. The van der Waals surface area contributed by atoms with Crippen LogP contribution in [0.2, 0.25) is 0 Å². The Morgan fingerprint density at radius 3 is 2.30 bits per heavy atom. The normalized spacial score (nSPS) is 13.6. The van der Waals surface area contributed by atoms with Gasteiger partial charge in [-0.25, -0.2) is 9.59 Å². The first-order valence-corrected chi connectivity index (χ1v) is 9.89. The van der Waals surface area contributed by atoms with E-state index in [2.05, 4.69) is 5.32 Å². The van der Waals surface area contributed by atoms with Crippen molar-refractivity contribution in [1.29, 1.82) is 0 Å². The fourth-order valence-electron chi connectivity index (χ4n) is 2.45. The summed E-state index contributed by atoms with van der Waals surface area (Å²) in [6.07, 6.45) is 2.11. The second-order valence-corrected chi connectivity index (χ2v) is 7.05. The Bertz CT molecular complexity index is 676. The number of esters is 1. The summed E-state index contributed by atoms with van der Waals surface area (Å²) < 4.78 is 9.99. The Morgan fingerprint density at radius 1 is 1.07 bits per heavy atom. The summed E-state index contributed by atoms with van der Waals surface area (Å²) in [5.74, 6) is -0.519. The molecule has 1 amide bonds. The van der Waals surface area contributed by atoms with Crippen LogP contribution in [0.4, 0.5) is 4.79 Å². The molecule has 0 saturated carbocycles. The van der Waals surface area contributed by atoms with Crippen molar-refractivity contribution in [2.45, 2.75) is 57.9 Å². The molecule has 1 N–H and O–H groups in total. The van der Waals surface area contributed by atoms with Crippen LogP contribution in [-0.4, -0.2) is 18.7 Å². The van der Waals surface area contributed by atoms with Gasteiger partial charge >= 0.3 is 12.1 Å². The highest BCUT2D eigenvalue weighted by atomic mass is 35.5. The molecule has 2 atom stereocenters. The van der Waals surface area contributed by atoms with E-state index >= 15 is 0 Å². The van der Waals surface area contributed by atoms with Crippen LogP contribution in [-0.2, 0) is 20.9 Å². The number of halogens is 2. The second kappa shape index (κ2) is 11.9. The monoisotopic (exact) mass is 415 g/mol. The Labute approximate surface area is 171 Å². The van der Waals surface area contributed by atoms with Crippen molar-refractivity contribution in [2.24, 2.45) is 0 Å². The third kappa shape index (κ3) is 7.81. The van der Waals surface area contributed by atoms with Crippen molar-refractivity contribution >= 4 is 35.3 Å². The minimum Gasteiger partial charge on any atom is -0.463 e. The molecule has 0 aliphatic heterocycles. The van der Waals surface area contributed by atoms with Gasteiger partial charge in [-0.05, 0) is 43.4 Å². The topological polar surface area (TPSA) is 64.6 Å². The number of benzene rings is 1. The van der Waals surface area contributed by atoms with Crippen LogP contribution in [0, 0.1) is 0 Å². The maximum absolute atomic E-state index is 11.9. The molecular formula is C20H27Cl2NO4. The smallest absolute Gasteiger partial charge is 0.411 e. The van der Waals surface area contributed by atoms with Crippen molar-refractivity contribution in [3.8, 4) is 0 Å². The van der Waals surface area contributed by atoms with Gasteiger partial charge in [0.25, 0.3) is 0 Å². The van der Waals surface area contributed by atoms with Gasteiger partial charge in [-0.3, -0.25) is 5.32 Å². The lowest BCUT2D eigenvalue weighted by molar-refractivity contribution is -0.137. The van der Waals surface area contributed by atoms with Crippen LogP contribution in [0.25, 0.3) is 0 Å². The minimum atomic E-state index is -0.652. The van der Waals surface area contributed by atoms with Gasteiger partial charge in [0.2, 0.25) is 0 Å². The number of hydrogen-bond acceptors (Lipinski definition) is 4. The minimum absolute atomic E-state index is 0.0815. The molecule has 0 heterocycles. The molecule has 0 spiro atoms. The highest BCUT2D eigenvalue weighted by Gasteiger charge is 2.17. The second-order valence-electron chi connectivity index (χ2n) is 6.00. The Morgan fingerprint density at radius 2 is 1.70 bits per heavy atom. The van der Waals surface area contributed by atoms with Gasteiger partial charge < -0.3 is 9.47 Å². The van der Waals surface area contributed by atoms with E-state index in [0.717, 1.165) is 29.5 Å². The number of hydrogen-bond donors (Lipinski definition) is 1. The molecule has 1 aromatic rings. The van der Waals surface area contributed by atoms with Gasteiger partial charge in [0.15, 0.2) is 0 Å². The number of alkyl halides is 2. The van der Waals surface area contributed by atoms with Crippen LogP contribution in [0.15, 0.2) is 30.0 Å². The lowest BCUT2D eigenvalue weighted by atomic mass is 9.96. The molecule has 150 valence electrons. The summed E-state index contributed by atoms with van der Waals surface area (Å²) in [5, 5.41) is 2.21. The predicted molar refractivity (Wildman–Crippen MR) is 108 cm³/mol. The summed E-state index contributed by atoms with van der Waals surface area (Å²) in [5.41, 5.74) is 3.12. The van der Waals surface area contributed by atoms with Crippen LogP contribution in [0.3, 0.4) is 0 Å². The number of carbonyl (C=O) groups excluding carboxylic acids is 2. The van der Waals surface area contributed by atoms with Gasteiger partial charge in [-0.1, -0.05) is 32.0 Å². The molecule has 5 nitrogen and oxygen atoms in total. The molecule has 0 aromatic heterocycles. The van der Waals surface area contributed by atoms with E-state index in [4.69, 9.17) is 32.7 Å². The first kappa shape index (κ1) is 23.3. The summed E-state index contributed by atoms with van der Waals surface area (Å²) in [4.78, 5) is 23.2. The zero-order valence-electron chi connectivity index (χ0n) is 16.2. The van der Waals surface area contributed by atoms with E-state index in [1.165, 1.54) is 6.08 Å². The number of ether oxygens (including phenoxy) is 2. The molecule has 0 aliphatic rings. The van der Waals surface area contributed by atoms with Crippen molar-refractivity contribution in [3.63, 3.8) is 0 Å². The molecule has 1 rings (SSSR count). The highest BCUT2D eigenvalue weighted by Crippen LogP contribution is 2.35. The van der Waals surface area contributed by atoms with Crippen molar-refractivity contribution in [3.05, 3.63) is 46.7 Å². The summed E-state index contributed by atoms with van der Waals surface area (Å²) in [7, 11) is 0. The third-order valence-corrected chi connectivity index (χ3v) is 4.92. The van der Waals surface area contributed by atoms with Crippen molar-refractivity contribution in [2.75, 3.05) is 6.61 Å². The van der Waals surface area contributed by atoms with Crippen LogP contribution in [0.5, 0.6) is 0 Å². The van der Waals surface area contributed by atoms with E-state index in [0.29, 0.717) is 5.70 Å². The van der Waals surface area contributed by atoms with Crippen LogP contribution in [0.1, 0.15) is 68.0 Å². The quantitative estimate of drug-likeness (QED) is 0.316. The van der Waals surface area contributed by atoms with Gasteiger partial charge in [0, 0.05) is 11.8 Å². The molecule has 0 aliphatic carbocycles. The van der Waals surface area contributed by atoms with E-state index in [1.807, 2.05) is 32.0 Å². The maximum atomic E-state index is 11.9. The molecule has 0 saturated heterocycles. The number of carbonyl (C=O) groups is 2. The SMILES string of the molecule is CCOC(=O)/C=C(/C)NC(=O)OCc1ccc(C(Cl)CC)c(C(Cl)CC)c1. The first-order valence-electron chi connectivity index (χ1n) is 9.01. The average molecular weight is 416 g/mol. The number of rotatable bonds is 9. The zero-order valence-corrected chi connectivity index (χ0v) is 17.7. The lowest BCUT2D eigenvalue weighted by Gasteiger charge is -2.18. The highest BCUT2D eigenvalue weighted by molar-refractivity contribution is 6.22. The van der Waals surface area contributed by atoms with E-state index < -0.39 is 12.1 Å². The predicted octanol–water partition coefficient (Wildman–Crippen LogP) is 5.76. The first-order chi connectivity index (χ1) is 12.8. The molecule has 1 aromatic carbocycles. The van der Waals surface area contributed by atoms with E-state index in [-0.39, 0.29) is 24.0 Å². The van der Waals surface area contributed by atoms with Gasteiger partial charge in [0.05, 0.1) is 17.4 Å². The van der Waals surface area contributed by atoms with Crippen LogP contribution >= 0.6 is 23.2 Å². The largest absolute Gasteiger partial charge is 0.463 e. The molecule has 27 heavy (non-hydrogen) atoms. The number of alkyl carbamates (subject to hydrolysis) is 1. The summed E-state index contributed by atoms with van der Waals surface area (Å²) >= 11 is 12.8. The van der Waals surface area contributed by atoms with Gasteiger partial charge in [0.1, 0.15) is 6.61 Å². The van der Waals surface area contributed by atoms with Crippen molar-refractivity contribution < 1.29 is 19.1 Å². The Balaban J connectivity index is 2.76. The average Bonchev–Trinajstić information content (AvgIpc) is 2.64. The number of nitrogens with one attached hydrogen (secondary N) is 1. The molecule has 0 bridgehead atoms. The third-order valence-electron chi connectivity index (χ3n) is 3.83. The van der Waals surface area contributed by atoms with Crippen molar-refractivity contribution in [1.82, 2.24) is 5.32 Å². The van der Waals surface area contributed by atoms with E-state index in [9.17, 15) is 9.59 Å². The summed E-state index contributed by atoms with van der Waals surface area (Å²) in [6, 6.07) is 5.73. The molecule has 2 unspecified atom stereocenters. The Hall–Kier alpha value is -1.72. The zero-order chi connectivity index (χ0) is 20.4. The fraction of sp³-hybridized carbons (Fsp3) is 0.500. The number of allylic oxidation sites excluding steroid dienone is 1. The molecule has 0 radical (unpaired) electrons. The summed E-state index contributed by atoms with van der Waals surface area (Å²) in [6.45, 7) is 7.66. The van der Waals surface area contributed by atoms with Crippen LogP contribution < -0.4 is 5.32 Å². The van der Waals surface area contributed by atoms with Gasteiger partial charge in [-0.2, -0.15) is 0 Å². The fourth-order valence-corrected chi connectivity index (χ4v) is 2.84. The standard InChI is InChI=1S/C20H27Cl2NO4/c1-5-17(21)15-9-8-14(11-16(15)18(22)6-2)12-27-20(25)23-13(4)10-19(24)26-7-3/h8-11,17-18H,5-7,12H2,1-4H3,(H,23,25)/b13-10-. The molecule has 7 heteroatoms.